The van der Waals surface area contributed by atoms with Crippen LogP contribution in [-0.2, 0) is 4.74 Å². The summed E-state index contributed by atoms with van der Waals surface area (Å²) >= 11 is 0. The fourth-order valence-corrected chi connectivity index (χ4v) is 3.14. The Hall–Kier alpha value is -0.0800. The molecule has 0 aromatic rings. The van der Waals surface area contributed by atoms with Gasteiger partial charge in [-0.15, -0.1) is 24.0 Å². The van der Waals surface area contributed by atoms with Gasteiger partial charge in [0.05, 0.1) is 0 Å². The van der Waals surface area contributed by atoms with Gasteiger partial charge in [-0.2, -0.15) is 0 Å². The Morgan fingerprint density at radius 3 is 2.52 bits per heavy atom. The molecule has 0 aliphatic heterocycles. The van der Waals surface area contributed by atoms with Crippen LogP contribution in [0.5, 0.6) is 0 Å². The largest absolute Gasteiger partial charge is 0.396 e. The van der Waals surface area contributed by atoms with E-state index in [1.165, 1.54) is 32.1 Å². The van der Waals surface area contributed by atoms with Crippen LogP contribution in [0.25, 0.3) is 0 Å². The predicted molar refractivity (Wildman–Crippen MR) is 108 cm³/mol. The third-order valence-electron chi connectivity index (χ3n) is 4.44. The van der Waals surface area contributed by atoms with Gasteiger partial charge in [0.1, 0.15) is 0 Å². The summed E-state index contributed by atoms with van der Waals surface area (Å²) in [5.74, 6) is 0.891. The van der Waals surface area contributed by atoms with Crippen LogP contribution in [0.2, 0.25) is 0 Å². The number of ether oxygens (including phenoxy) is 1. The van der Waals surface area contributed by atoms with E-state index < -0.39 is 0 Å². The van der Waals surface area contributed by atoms with Crippen LogP contribution in [0.15, 0.2) is 4.99 Å². The molecule has 1 aliphatic carbocycles. The van der Waals surface area contributed by atoms with E-state index in [4.69, 9.17) is 9.73 Å². The molecule has 1 aliphatic rings. The number of aliphatic imine (C=N–C) groups is 1. The number of nitrogens with one attached hydrogen (secondary N) is 2. The quantitative estimate of drug-likeness (QED) is 0.211. The Morgan fingerprint density at radius 1 is 1.17 bits per heavy atom. The topological polar surface area (TPSA) is 65.9 Å². The maximum atomic E-state index is 9.38. The van der Waals surface area contributed by atoms with Crippen molar-refractivity contribution in [1.29, 1.82) is 0 Å². The van der Waals surface area contributed by atoms with Crippen molar-refractivity contribution in [2.24, 2.45) is 10.4 Å². The molecule has 6 heteroatoms. The normalized spacial score (nSPS) is 17.4. The third-order valence-corrected chi connectivity index (χ3v) is 4.44. The van der Waals surface area contributed by atoms with Crippen LogP contribution < -0.4 is 10.6 Å². The Morgan fingerprint density at radius 2 is 1.91 bits per heavy atom. The van der Waals surface area contributed by atoms with E-state index in [9.17, 15) is 5.11 Å². The molecule has 3 N–H and O–H groups in total. The van der Waals surface area contributed by atoms with Gasteiger partial charge in [0.2, 0.25) is 0 Å². The van der Waals surface area contributed by atoms with Crippen molar-refractivity contribution < 1.29 is 9.84 Å². The van der Waals surface area contributed by atoms with Gasteiger partial charge in [-0.1, -0.05) is 19.3 Å². The summed E-state index contributed by atoms with van der Waals surface area (Å²) in [6.45, 7) is 8.49. The summed E-state index contributed by atoms with van der Waals surface area (Å²) in [6, 6.07) is 0. The van der Waals surface area contributed by atoms with Gasteiger partial charge in [-0.05, 0) is 44.9 Å². The minimum Gasteiger partial charge on any atom is -0.396 e. The SMILES string of the molecule is CCNC(=NCC1(CCO)CCCCC1)NCCCOCC.I. The van der Waals surface area contributed by atoms with Crippen molar-refractivity contribution in [3.8, 4) is 0 Å². The minimum absolute atomic E-state index is 0. The lowest BCUT2D eigenvalue weighted by Crippen LogP contribution is -2.39. The molecule has 23 heavy (non-hydrogen) atoms. The minimum atomic E-state index is 0. The molecule has 0 heterocycles. The second-order valence-corrected chi connectivity index (χ2v) is 6.21. The van der Waals surface area contributed by atoms with E-state index in [1.54, 1.807) is 0 Å². The number of hydrogen-bond donors (Lipinski definition) is 3. The van der Waals surface area contributed by atoms with E-state index in [1.807, 2.05) is 6.92 Å². The Balaban J connectivity index is 0.00000484. The smallest absolute Gasteiger partial charge is 0.191 e. The molecule has 1 saturated carbocycles. The van der Waals surface area contributed by atoms with Crippen LogP contribution in [0.1, 0.15) is 58.8 Å². The zero-order valence-corrected chi connectivity index (χ0v) is 17.2. The predicted octanol–water partition coefficient (Wildman–Crippen LogP) is 2.92. The van der Waals surface area contributed by atoms with E-state index >= 15 is 0 Å². The van der Waals surface area contributed by atoms with Crippen LogP contribution >= 0.6 is 24.0 Å². The number of nitrogens with zero attached hydrogens (tertiary/aromatic N) is 1. The highest BCUT2D eigenvalue weighted by Crippen LogP contribution is 2.39. The van der Waals surface area contributed by atoms with Crippen molar-refractivity contribution in [1.82, 2.24) is 10.6 Å². The van der Waals surface area contributed by atoms with Crippen LogP contribution in [-0.4, -0.2) is 50.5 Å². The first-order valence-electron chi connectivity index (χ1n) is 8.97. The zero-order valence-electron chi connectivity index (χ0n) is 14.9. The summed E-state index contributed by atoms with van der Waals surface area (Å²) in [6.07, 6.45) is 8.12. The molecular weight excluding hydrogens is 405 g/mol. The fraction of sp³-hybridized carbons (Fsp3) is 0.941. The average molecular weight is 441 g/mol. The van der Waals surface area contributed by atoms with Crippen molar-refractivity contribution in [2.45, 2.75) is 58.8 Å². The maximum absolute atomic E-state index is 9.38. The molecule has 0 aromatic carbocycles. The Bertz CT molecular complexity index is 303. The van der Waals surface area contributed by atoms with Crippen LogP contribution in [0, 0.1) is 5.41 Å². The summed E-state index contributed by atoms with van der Waals surface area (Å²) in [7, 11) is 0. The van der Waals surface area contributed by atoms with Gasteiger partial charge in [0, 0.05) is 39.5 Å². The van der Waals surface area contributed by atoms with E-state index in [0.717, 1.165) is 51.6 Å². The maximum Gasteiger partial charge on any atom is 0.191 e. The first kappa shape index (κ1) is 22.9. The second kappa shape index (κ2) is 14.3. The lowest BCUT2D eigenvalue weighted by atomic mass is 9.72. The third kappa shape index (κ3) is 9.72. The summed E-state index contributed by atoms with van der Waals surface area (Å²) in [5, 5.41) is 16.1. The molecule has 138 valence electrons. The van der Waals surface area contributed by atoms with E-state index in [0.29, 0.717) is 0 Å². The molecule has 0 amide bonds. The Labute approximate surface area is 159 Å². The second-order valence-electron chi connectivity index (χ2n) is 6.21. The standard InChI is InChI=1S/C17H35N3O2.HI/c1-3-18-16(19-12-8-14-22-4-2)20-15-17(11-13-21)9-6-5-7-10-17;/h21H,3-15H2,1-2H3,(H2,18,19,20);1H. The summed E-state index contributed by atoms with van der Waals surface area (Å²) < 4.78 is 5.35. The zero-order chi connectivity index (χ0) is 16.1. The number of rotatable bonds is 10. The first-order chi connectivity index (χ1) is 10.8. The monoisotopic (exact) mass is 441 g/mol. The molecule has 0 atom stereocenters. The molecule has 0 spiro atoms. The highest BCUT2D eigenvalue weighted by molar-refractivity contribution is 14.0. The van der Waals surface area contributed by atoms with Crippen molar-refractivity contribution in [2.75, 3.05) is 39.5 Å². The molecule has 0 saturated heterocycles. The molecule has 5 nitrogen and oxygen atoms in total. The molecule has 0 radical (unpaired) electrons. The molecular formula is C17H36IN3O2. The average Bonchev–Trinajstić information content (AvgIpc) is 2.53. The number of aliphatic hydroxyl groups is 1. The molecule has 0 bridgehead atoms. The van der Waals surface area contributed by atoms with Crippen LogP contribution in [0.4, 0.5) is 0 Å². The van der Waals surface area contributed by atoms with Gasteiger partial charge in [0.25, 0.3) is 0 Å². The number of guanidine groups is 1. The molecule has 1 fully saturated rings. The van der Waals surface area contributed by atoms with Crippen molar-refractivity contribution in [3.63, 3.8) is 0 Å². The Kier molecular flexibility index (Phi) is 14.2. The lowest BCUT2D eigenvalue weighted by Gasteiger charge is -2.35. The van der Waals surface area contributed by atoms with Gasteiger partial charge < -0.3 is 20.5 Å². The van der Waals surface area contributed by atoms with Gasteiger partial charge in [-0.3, -0.25) is 4.99 Å². The fourth-order valence-electron chi connectivity index (χ4n) is 3.14. The summed E-state index contributed by atoms with van der Waals surface area (Å²) in [5.41, 5.74) is 0.209. The molecule has 1 rings (SSSR count). The highest BCUT2D eigenvalue weighted by atomic mass is 127. The van der Waals surface area contributed by atoms with Gasteiger partial charge in [0.15, 0.2) is 5.96 Å². The highest BCUT2D eigenvalue weighted by Gasteiger charge is 2.31. The number of halogens is 1. The molecule has 0 unspecified atom stereocenters. The number of hydrogen-bond acceptors (Lipinski definition) is 3. The summed E-state index contributed by atoms with van der Waals surface area (Å²) in [4.78, 5) is 4.79. The molecule has 0 aromatic heterocycles. The number of aliphatic hydroxyl groups excluding tert-OH is 1. The van der Waals surface area contributed by atoms with Gasteiger partial charge >= 0.3 is 0 Å². The van der Waals surface area contributed by atoms with E-state index in [2.05, 4.69) is 17.6 Å². The van der Waals surface area contributed by atoms with Crippen molar-refractivity contribution >= 4 is 29.9 Å². The lowest BCUT2D eigenvalue weighted by molar-refractivity contribution is 0.137. The van der Waals surface area contributed by atoms with Crippen molar-refractivity contribution in [3.05, 3.63) is 0 Å². The van der Waals surface area contributed by atoms with E-state index in [-0.39, 0.29) is 36.0 Å². The van der Waals surface area contributed by atoms with Gasteiger partial charge in [-0.25, -0.2) is 0 Å². The van der Waals surface area contributed by atoms with Crippen LogP contribution in [0.3, 0.4) is 0 Å². The first-order valence-corrected chi connectivity index (χ1v) is 8.97.